The van der Waals surface area contributed by atoms with E-state index in [1.54, 1.807) is 6.92 Å². The quantitative estimate of drug-likeness (QED) is 0.0396. The average Bonchev–Trinajstić information content (AvgIpc) is 2.96. The number of hydrogen-bond acceptors (Lipinski definition) is 8. The Morgan fingerprint density at radius 3 is 2.40 bits per heavy atom. The number of azide groups is 1. The summed E-state index contributed by atoms with van der Waals surface area (Å²) in [4.78, 5) is 45.9. The van der Waals surface area contributed by atoms with Gasteiger partial charge in [0, 0.05) is 36.0 Å². The van der Waals surface area contributed by atoms with Crippen molar-refractivity contribution in [2.24, 2.45) is 11.0 Å². The van der Waals surface area contributed by atoms with Crippen molar-refractivity contribution in [3.05, 3.63) is 80.0 Å². The number of nitrogens with one attached hydrogen (secondary N) is 2. The molecule has 0 unspecified atom stereocenters. The van der Waals surface area contributed by atoms with Gasteiger partial charge in [-0.15, -0.1) is 0 Å². The van der Waals surface area contributed by atoms with Crippen LogP contribution in [0.4, 0.5) is 27.8 Å². The van der Waals surface area contributed by atoms with E-state index in [1.807, 2.05) is 0 Å². The van der Waals surface area contributed by atoms with Gasteiger partial charge >= 0.3 is 12.1 Å². The molecule has 1 amide bonds. The number of carbonyl (C=O) groups is 3. The molecule has 1 aromatic carbocycles. The van der Waals surface area contributed by atoms with Crippen molar-refractivity contribution in [1.82, 2.24) is 15.2 Å². The summed E-state index contributed by atoms with van der Waals surface area (Å²) in [6.07, 6.45) is -3.21. The molecule has 2 aromatic rings. The van der Waals surface area contributed by atoms with Gasteiger partial charge in [-0.2, -0.15) is 13.2 Å². The molecular formula is C28H27ClF5N7O4. The minimum Gasteiger partial charge on any atom is -0.466 e. The number of halogens is 6. The lowest BCUT2D eigenvalue weighted by atomic mass is 9.86. The number of Topliss-reactive ketones (excluding diaryl/α,β-unsaturated/α-hetero) is 1. The number of amides is 1. The van der Waals surface area contributed by atoms with Crippen LogP contribution >= 0.6 is 11.6 Å². The second-order valence-corrected chi connectivity index (χ2v) is 10.3. The third kappa shape index (κ3) is 9.22. The van der Waals surface area contributed by atoms with Crippen LogP contribution in [0.5, 0.6) is 0 Å². The van der Waals surface area contributed by atoms with E-state index in [2.05, 4.69) is 20.3 Å². The third-order valence-corrected chi connectivity index (χ3v) is 7.15. The summed E-state index contributed by atoms with van der Waals surface area (Å²) in [5.74, 6) is -6.03. The van der Waals surface area contributed by atoms with Crippen LogP contribution in [0, 0.1) is 23.0 Å². The van der Waals surface area contributed by atoms with E-state index in [4.69, 9.17) is 27.3 Å². The summed E-state index contributed by atoms with van der Waals surface area (Å²) in [6, 6.07) is 2.51. The number of benzene rings is 1. The highest BCUT2D eigenvalue weighted by atomic mass is 35.5. The van der Waals surface area contributed by atoms with E-state index in [0.29, 0.717) is 11.0 Å². The summed E-state index contributed by atoms with van der Waals surface area (Å²) in [5, 5.41) is 13.1. The van der Waals surface area contributed by atoms with Gasteiger partial charge in [0.05, 0.1) is 35.2 Å². The molecule has 0 atom stereocenters. The SMILES string of the molecule is CCOC(=O)[C@H]1CC[C@H](N/C(=C(\C=N)C(=O)N(CC(=O)c2c(Cl)ccnc2N=[N+]=[N-])Cc2cc(F)cc(F)c2)C(F)(F)F)CC1. The molecule has 0 aliphatic heterocycles. The number of aromatic nitrogens is 1. The van der Waals surface area contributed by atoms with Gasteiger partial charge in [0.2, 0.25) is 0 Å². The number of esters is 1. The second kappa shape index (κ2) is 15.4. The number of rotatable bonds is 12. The van der Waals surface area contributed by atoms with Gasteiger partial charge in [0.15, 0.2) is 5.78 Å². The first-order valence-corrected chi connectivity index (χ1v) is 13.9. The zero-order chi connectivity index (χ0) is 33.3. The first kappa shape index (κ1) is 34.9. The smallest absolute Gasteiger partial charge is 0.431 e. The predicted octanol–water partition coefficient (Wildman–Crippen LogP) is 6.34. The van der Waals surface area contributed by atoms with Crippen LogP contribution in [-0.4, -0.2) is 59.1 Å². The monoisotopic (exact) mass is 655 g/mol. The number of ether oxygens (including phenoxy) is 1. The fraction of sp³-hybridized carbons (Fsp3) is 0.393. The Hall–Kier alpha value is -4.56. The van der Waals surface area contributed by atoms with Crippen molar-refractivity contribution in [1.29, 1.82) is 5.41 Å². The van der Waals surface area contributed by atoms with E-state index < -0.39 is 83.2 Å². The lowest BCUT2D eigenvalue weighted by Crippen LogP contribution is -2.43. The molecule has 240 valence electrons. The highest BCUT2D eigenvalue weighted by Gasteiger charge is 2.41. The fourth-order valence-corrected chi connectivity index (χ4v) is 5.09. The van der Waals surface area contributed by atoms with Gasteiger partial charge in [0.25, 0.3) is 5.91 Å². The van der Waals surface area contributed by atoms with Crippen molar-refractivity contribution >= 4 is 41.3 Å². The van der Waals surface area contributed by atoms with Gasteiger partial charge in [-0.25, -0.2) is 8.78 Å². The molecule has 1 fully saturated rings. The number of pyridine rings is 1. The van der Waals surface area contributed by atoms with Crippen LogP contribution in [0.15, 0.2) is 46.8 Å². The lowest BCUT2D eigenvalue weighted by molar-refractivity contribution is -0.149. The predicted molar refractivity (Wildman–Crippen MR) is 152 cm³/mol. The van der Waals surface area contributed by atoms with Crippen LogP contribution in [0.25, 0.3) is 10.4 Å². The number of alkyl halides is 3. The van der Waals surface area contributed by atoms with E-state index in [9.17, 15) is 36.3 Å². The zero-order valence-electron chi connectivity index (χ0n) is 23.7. The Morgan fingerprint density at radius 2 is 1.84 bits per heavy atom. The Morgan fingerprint density at radius 1 is 1.20 bits per heavy atom. The highest BCUT2D eigenvalue weighted by molar-refractivity contribution is 6.34. The maximum absolute atomic E-state index is 14.4. The minimum atomic E-state index is -5.18. The lowest BCUT2D eigenvalue weighted by Gasteiger charge is -2.31. The van der Waals surface area contributed by atoms with Gasteiger partial charge in [-0.1, -0.05) is 11.6 Å². The zero-order valence-corrected chi connectivity index (χ0v) is 24.5. The van der Waals surface area contributed by atoms with Crippen molar-refractivity contribution in [2.45, 2.75) is 51.4 Å². The summed E-state index contributed by atoms with van der Waals surface area (Å²) in [6.45, 7) is 0.0159. The van der Waals surface area contributed by atoms with Gasteiger partial charge in [0.1, 0.15) is 23.1 Å². The van der Waals surface area contributed by atoms with Crippen LogP contribution in [0.1, 0.15) is 48.5 Å². The largest absolute Gasteiger partial charge is 0.466 e. The highest BCUT2D eigenvalue weighted by Crippen LogP contribution is 2.32. The molecule has 1 aromatic heterocycles. The van der Waals surface area contributed by atoms with Crippen molar-refractivity contribution < 1.29 is 41.1 Å². The van der Waals surface area contributed by atoms with Crippen molar-refractivity contribution in [2.75, 3.05) is 13.2 Å². The molecule has 2 N–H and O–H groups in total. The molecule has 0 bridgehead atoms. The summed E-state index contributed by atoms with van der Waals surface area (Å²) in [7, 11) is 0. The molecule has 1 heterocycles. The summed E-state index contributed by atoms with van der Waals surface area (Å²) < 4.78 is 76.1. The topological polar surface area (TPSA) is 161 Å². The minimum absolute atomic E-state index is 0.120. The molecule has 1 aliphatic carbocycles. The van der Waals surface area contributed by atoms with Crippen molar-refractivity contribution in [3.63, 3.8) is 0 Å². The molecule has 17 heteroatoms. The number of hydrogen-bond donors (Lipinski definition) is 2. The molecule has 0 radical (unpaired) electrons. The molecule has 0 saturated heterocycles. The average molecular weight is 656 g/mol. The number of allylic oxidation sites excluding steroid dienone is 1. The maximum atomic E-state index is 14.4. The van der Waals surface area contributed by atoms with E-state index in [0.717, 1.165) is 18.3 Å². The van der Waals surface area contributed by atoms with Crippen molar-refractivity contribution in [3.8, 4) is 0 Å². The second-order valence-electron chi connectivity index (χ2n) is 9.92. The van der Waals surface area contributed by atoms with Gasteiger partial charge in [-0.05, 0) is 67.0 Å². The molecule has 45 heavy (non-hydrogen) atoms. The third-order valence-electron chi connectivity index (χ3n) is 6.84. The van der Waals surface area contributed by atoms with Crippen LogP contribution in [0.3, 0.4) is 0 Å². The summed E-state index contributed by atoms with van der Waals surface area (Å²) in [5.41, 5.74) is 5.41. The maximum Gasteiger partial charge on any atom is 0.431 e. The Balaban J connectivity index is 2.02. The van der Waals surface area contributed by atoms with E-state index in [1.165, 1.54) is 6.07 Å². The van der Waals surface area contributed by atoms with Crippen LogP contribution in [-0.2, 0) is 20.9 Å². The molecule has 11 nitrogen and oxygen atoms in total. The summed E-state index contributed by atoms with van der Waals surface area (Å²) >= 11 is 6.10. The standard InChI is InChI=1S/C28H27ClF5N7O4/c1-2-45-27(44)16-3-5-19(6-4-16)38-24(28(32,33)34)20(12-35)26(43)41(13-15-9-17(30)11-18(31)10-15)14-22(42)23-21(29)7-8-37-25(23)39-40-36/h7-12,16,19,35,38H,2-6,13-14H2,1H3/b24-20+,35-12?/t16-,19-. The Kier molecular flexibility index (Phi) is 12.0. The van der Waals surface area contributed by atoms with E-state index in [-0.39, 0.29) is 49.1 Å². The normalized spacial score (nSPS) is 17.0. The molecule has 3 rings (SSSR count). The van der Waals surface area contributed by atoms with Gasteiger partial charge in [-0.3, -0.25) is 19.4 Å². The molecule has 0 spiro atoms. The molecule has 1 aliphatic rings. The molecular weight excluding hydrogens is 629 g/mol. The fourth-order valence-electron chi connectivity index (χ4n) is 4.84. The Bertz CT molecular complexity index is 1520. The first-order chi connectivity index (χ1) is 21.3. The number of ketones is 1. The first-order valence-electron chi connectivity index (χ1n) is 13.5. The number of carbonyl (C=O) groups excluding carboxylic acids is 3. The van der Waals surface area contributed by atoms with Gasteiger partial charge < -0.3 is 20.4 Å². The number of nitrogens with zero attached hydrogens (tertiary/aromatic N) is 5. The Labute approximate surface area is 258 Å². The van der Waals surface area contributed by atoms with Crippen LogP contribution < -0.4 is 5.32 Å². The molecule has 1 saturated carbocycles. The van der Waals surface area contributed by atoms with Crippen LogP contribution in [0.2, 0.25) is 5.02 Å². The van der Waals surface area contributed by atoms with E-state index >= 15 is 0 Å².